The Labute approximate surface area is 124 Å². The van der Waals surface area contributed by atoms with Crippen LogP contribution in [0.1, 0.15) is 46.5 Å². The zero-order chi connectivity index (χ0) is 14.3. The van der Waals surface area contributed by atoms with E-state index >= 15 is 0 Å². The number of rotatable bonds is 2. The average Bonchev–Trinajstić information content (AvgIpc) is 3.11. The molecule has 0 bridgehead atoms. The molecule has 0 unspecified atom stereocenters. The highest BCUT2D eigenvalue weighted by Crippen LogP contribution is 2.33. The molecule has 2 aromatic heterocycles. The van der Waals surface area contributed by atoms with Crippen LogP contribution in [0.15, 0.2) is 15.1 Å². The first-order chi connectivity index (χ1) is 9.58. The van der Waals surface area contributed by atoms with Gasteiger partial charge in [-0.25, -0.2) is 0 Å². The number of nitrogens with zero attached hydrogens (tertiary/aromatic N) is 3. The summed E-state index contributed by atoms with van der Waals surface area (Å²) in [5, 5.41) is 11.0. The van der Waals surface area contributed by atoms with E-state index in [0.29, 0.717) is 12.2 Å². The molecule has 6 nitrogen and oxygen atoms in total. The summed E-state index contributed by atoms with van der Waals surface area (Å²) < 4.78 is 5.85. The molecule has 1 atom stereocenters. The number of aromatic amines is 1. The van der Waals surface area contributed by atoms with Crippen molar-refractivity contribution in [3.8, 4) is 0 Å². The Balaban J connectivity index is 1.89. The molecule has 1 aliphatic rings. The number of aromatic nitrogens is 3. The monoisotopic (exact) mass is 338 g/mol. The molecule has 0 radical (unpaired) electrons. The predicted octanol–water partition coefficient (Wildman–Crippen LogP) is 2.75. The molecule has 1 saturated heterocycles. The lowest BCUT2D eigenvalue weighted by atomic mass is 10.1. The molecule has 0 spiro atoms. The topological polar surface area (TPSA) is 75.0 Å². The lowest BCUT2D eigenvalue weighted by Crippen LogP contribution is -2.31. The van der Waals surface area contributed by atoms with Crippen LogP contribution in [0.25, 0.3) is 0 Å². The van der Waals surface area contributed by atoms with Gasteiger partial charge in [0.1, 0.15) is 11.5 Å². The largest absolute Gasteiger partial charge is 0.361 e. The molecular weight excluding hydrogens is 324 g/mol. The second-order valence-corrected chi connectivity index (χ2v) is 5.82. The van der Waals surface area contributed by atoms with Gasteiger partial charge < -0.3 is 9.42 Å². The van der Waals surface area contributed by atoms with Gasteiger partial charge in [-0.15, -0.1) is 0 Å². The predicted molar refractivity (Wildman–Crippen MR) is 75.3 cm³/mol. The number of hydrogen-bond acceptors (Lipinski definition) is 4. The van der Waals surface area contributed by atoms with E-state index in [-0.39, 0.29) is 11.9 Å². The van der Waals surface area contributed by atoms with Crippen molar-refractivity contribution in [2.75, 3.05) is 6.54 Å². The second kappa shape index (κ2) is 5.05. The molecular formula is C13H15BrN4O2. The Morgan fingerprint density at radius 1 is 1.55 bits per heavy atom. The van der Waals surface area contributed by atoms with Gasteiger partial charge in [0.05, 0.1) is 10.5 Å². The Kier molecular flexibility index (Phi) is 3.37. The molecule has 0 aromatic carbocycles. The third-order valence-corrected chi connectivity index (χ3v) is 4.55. The molecule has 20 heavy (non-hydrogen) atoms. The molecule has 0 saturated carbocycles. The first-order valence-corrected chi connectivity index (χ1v) is 7.32. The van der Waals surface area contributed by atoms with Crippen molar-refractivity contribution < 1.29 is 9.32 Å². The molecule has 1 aliphatic heterocycles. The third kappa shape index (κ3) is 2.15. The summed E-state index contributed by atoms with van der Waals surface area (Å²) in [6.45, 7) is 4.44. The number of carbonyl (C=O) groups excluding carboxylic acids is 1. The van der Waals surface area contributed by atoms with E-state index in [1.54, 1.807) is 0 Å². The molecule has 3 heterocycles. The lowest BCUT2D eigenvalue weighted by Gasteiger charge is -2.22. The van der Waals surface area contributed by atoms with Crippen molar-refractivity contribution in [1.82, 2.24) is 20.3 Å². The molecule has 106 valence electrons. The zero-order valence-corrected chi connectivity index (χ0v) is 12.9. The maximum atomic E-state index is 12.6. The second-order valence-electron chi connectivity index (χ2n) is 5.03. The highest BCUT2D eigenvalue weighted by Gasteiger charge is 2.34. The smallest absolute Gasteiger partial charge is 0.276 e. The maximum absolute atomic E-state index is 12.6. The molecule has 1 fully saturated rings. The van der Waals surface area contributed by atoms with E-state index in [0.717, 1.165) is 34.5 Å². The minimum absolute atomic E-state index is 0.0242. The van der Waals surface area contributed by atoms with Gasteiger partial charge in [0, 0.05) is 18.3 Å². The fourth-order valence-corrected chi connectivity index (χ4v) is 2.90. The minimum Gasteiger partial charge on any atom is -0.361 e. The summed E-state index contributed by atoms with van der Waals surface area (Å²) in [6, 6.07) is 1.87. The van der Waals surface area contributed by atoms with Crippen LogP contribution in [0.3, 0.4) is 0 Å². The van der Waals surface area contributed by atoms with Gasteiger partial charge in [-0.05, 0) is 42.6 Å². The van der Waals surface area contributed by atoms with Crippen molar-refractivity contribution in [2.24, 2.45) is 0 Å². The lowest BCUT2D eigenvalue weighted by molar-refractivity contribution is 0.0724. The maximum Gasteiger partial charge on any atom is 0.276 e. The van der Waals surface area contributed by atoms with Gasteiger partial charge in [-0.2, -0.15) is 5.10 Å². The van der Waals surface area contributed by atoms with Crippen LogP contribution < -0.4 is 0 Å². The molecule has 3 rings (SSSR count). The summed E-state index contributed by atoms with van der Waals surface area (Å²) in [5.41, 5.74) is 2.09. The van der Waals surface area contributed by atoms with Gasteiger partial charge in [0.15, 0.2) is 5.69 Å². The van der Waals surface area contributed by atoms with Gasteiger partial charge in [-0.1, -0.05) is 5.16 Å². The van der Waals surface area contributed by atoms with E-state index < -0.39 is 0 Å². The van der Waals surface area contributed by atoms with E-state index in [1.165, 1.54) is 0 Å². The highest BCUT2D eigenvalue weighted by atomic mass is 79.9. The van der Waals surface area contributed by atoms with Gasteiger partial charge in [0.25, 0.3) is 5.91 Å². The van der Waals surface area contributed by atoms with Crippen LogP contribution in [-0.4, -0.2) is 32.7 Å². The normalized spacial score (nSPS) is 18.8. The number of halogens is 1. The van der Waals surface area contributed by atoms with Gasteiger partial charge in [-0.3, -0.25) is 9.89 Å². The number of likely N-dealkylation sites (tertiary alicyclic amines) is 1. The van der Waals surface area contributed by atoms with E-state index in [1.807, 2.05) is 24.8 Å². The number of amides is 1. The SMILES string of the molecule is Cc1cc([C@@H]2CCCN2C(=O)c2n[nH]c(C)c2Br)no1. The van der Waals surface area contributed by atoms with Crippen molar-refractivity contribution in [3.05, 3.63) is 33.4 Å². The van der Waals surface area contributed by atoms with Crippen LogP contribution in [0, 0.1) is 13.8 Å². The number of nitrogens with one attached hydrogen (secondary N) is 1. The number of H-pyrrole nitrogens is 1. The first-order valence-electron chi connectivity index (χ1n) is 6.52. The fraction of sp³-hybridized carbons (Fsp3) is 0.462. The van der Waals surface area contributed by atoms with Crippen LogP contribution in [0.5, 0.6) is 0 Å². The Hall–Kier alpha value is -1.63. The summed E-state index contributed by atoms with van der Waals surface area (Å²) >= 11 is 3.40. The first kappa shape index (κ1) is 13.4. The van der Waals surface area contributed by atoms with Crippen LogP contribution >= 0.6 is 15.9 Å². The third-order valence-electron chi connectivity index (χ3n) is 3.58. The molecule has 1 amide bonds. The number of hydrogen-bond donors (Lipinski definition) is 1. The number of carbonyl (C=O) groups is 1. The summed E-state index contributed by atoms with van der Waals surface area (Å²) in [7, 11) is 0. The van der Waals surface area contributed by atoms with Gasteiger partial charge in [0.2, 0.25) is 0 Å². The summed E-state index contributed by atoms with van der Waals surface area (Å²) in [5.74, 6) is 0.681. The summed E-state index contributed by atoms with van der Waals surface area (Å²) in [4.78, 5) is 14.4. The molecule has 0 aliphatic carbocycles. The van der Waals surface area contributed by atoms with Crippen molar-refractivity contribution in [2.45, 2.75) is 32.7 Å². The number of aryl methyl sites for hydroxylation is 2. The Morgan fingerprint density at radius 3 is 2.95 bits per heavy atom. The minimum atomic E-state index is -0.0793. The molecule has 2 aromatic rings. The van der Waals surface area contributed by atoms with Crippen LogP contribution in [0.2, 0.25) is 0 Å². The quantitative estimate of drug-likeness (QED) is 0.913. The highest BCUT2D eigenvalue weighted by molar-refractivity contribution is 9.10. The Bertz CT molecular complexity index is 649. The van der Waals surface area contributed by atoms with Crippen molar-refractivity contribution >= 4 is 21.8 Å². The average molecular weight is 339 g/mol. The molecule has 1 N–H and O–H groups in total. The van der Waals surface area contributed by atoms with Crippen molar-refractivity contribution in [1.29, 1.82) is 0 Å². The van der Waals surface area contributed by atoms with Gasteiger partial charge >= 0.3 is 0 Å². The fourth-order valence-electron chi connectivity index (χ4n) is 2.55. The van der Waals surface area contributed by atoms with Crippen LogP contribution in [0.4, 0.5) is 0 Å². The zero-order valence-electron chi connectivity index (χ0n) is 11.3. The van der Waals surface area contributed by atoms with E-state index in [9.17, 15) is 4.79 Å². The van der Waals surface area contributed by atoms with Crippen LogP contribution in [-0.2, 0) is 0 Å². The van der Waals surface area contributed by atoms with Crippen molar-refractivity contribution in [3.63, 3.8) is 0 Å². The van der Waals surface area contributed by atoms with E-state index in [2.05, 4.69) is 31.3 Å². The van der Waals surface area contributed by atoms with E-state index in [4.69, 9.17) is 4.52 Å². The summed E-state index contributed by atoms with van der Waals surface area (Å²) in [6.07, 6.45) is 1.86. The molecule has 7 heteroatoms. The Morgan fingerprint density at radius 2 is 2.35 bits per heavy atom. The standard InChI is InChI=1S/C13H15BrN4O2/c1-7-6-9(17-20-7)10-4-3-5-18(10)13(19)12-11(14)8(2)15-16-12/h6,10H,3-5H2,1-2H3,(H,15,16)/t10-/m0/s1.